The van der Waals surface area contributed by atoms with Crippen LogP contribution < -0.4 is 0 Å². The predicted molar refractivity (Wildman–Crippen MR) is 89.3 cm³/mol. The van der Waals surface area contributed by atoms with Gasteiger partial charge < -0.3 is 5.11 Å². The first-order valence-corrected chi connectivity index (χ1v) is 7.11. The summed E-state index contributed by atoms with van der Waals surface area (Å²) in [5.74, 6) is 0. The van der Waals surface area contributed by atoms with Crippen LogP contribution >= 0.6 is 12.4 Å². The Morgan fingerprint density at radius 3 is 1.86 bits per heavy atom. The molecule has 2 aromatic carbocycles. The molecule has 1 heterocycles. The first-order chi connectivity index (χ1) is 10.3. The van der Waals surface area contributed by atoms with E-state index in [0.29, 0.717) is 5.69 Å². The van der Waals surface area contributed by atoms with Crippen molar-refractivity contribution in [2.45, 2.75) is 12.0 Å². The molecule has 0 aliphatic heterocycles. The van der Waals surface area contributed by atoms with Crippen molar-refractivity contribution >= 4 is 12.4 Å². The molecule has 110 valence electrons. The number of pyridine rings is 1. The van der Waals surface area contributed by atoms with Gasteiger partial charge in [0.25, 0.3) is 0 Å². The maximum atomic E-state index is 11.6. The molecule has 3 aromatic rings. The van der Waals surface area contributed by atoms with Gasteiger partial charge in [-0.3, -0.25) is 4.98 Å². The normalized spacial score (nSPS) is 14.4. The standard InChI is InChI=1S/C19H15NO.ClH/c21-19(18-11-5-6-12-20-18)16-9-3-1-7-14(16)13-15-8-2-4-10-17(15)19;/h1-12,21H,13H2;1H. The Hall–Kier alpha value is -2.16. The number of nitrogens with zero attached hydrogens (tertiary/aromatic N) is 1. The molecule has 0 atom stereocenters. The molecule has 0 radical (unpaired) electrons. The number of aliphatic hydroxyl groups is 1. The molecule has 0 fully saturated rings. The summed E-state index contributed by atoms with van der Waals surface area (Å²) < 4.78 is 0. The van der Waals surface area contributed by atoms with E-state index in [0.717, 1.165) is 28.7 Å². The summed E-state index contributed by atoms with van der Waals surface area (Å²) in [6.45, 7) is 0. The fourth-order valence-electron chi connectivity index (χ4n) is 3.26. The van der Waals surface area contributed by atoms with Crippen LogP contribution in [0.3, 0.4) is 0 Å². The maximum absolute atomic E-state index is 11.6. The van der Waals surface area contributed by atoms with Crippen LogP contribution in [0.2, 0.25) is 0 Å². The minimum absolute atomic E-state index is 0. The molecule has 0 bridgehead atoms. The van der Waals surface area contributed by atoms with Crippen molar-refractivity contribution in [1.82, 2.24) is 4.98 Å². The third-order valence-electron chi connectivity index (χ3n) is 4.23. The van der Waals surface area contributed by atoms with E-state index in [9.17, 15) is 5.11 Å². The smallest absolute Gasteiger partial charge is 0.157 e. The van der Waals surface area contributed by atoms with E-state index in [2.05, 4.69) is 17.1 Å². The third-order valence-corrected chi connectivity index (χ3v) is 4.23. The number of fused-ring (bicyclic) bond motifs is 2. The van der Waals surface area contributed by atoms with Crippen molar-refractivity contribution in [3.05, 3.63) is 101 Å². The Morgan fingerprint density at radius 1 is 0.773 bits per heavy atom. The highest BCUT2D eigenvalue weighted by Gasteiger charge is 2.41. The second-order valence-electron chi connectivity index (χ2n) is 5.42. The average Bonchev–Trinajstić information content (AvgIpc) is 2.56. The number of aromatic nitrogens is 1. The van der Waals surface area contributed by atoms with Crippen LogP contribution in [0.5, 0.6) is 0 Å². The third kappa shape index (κ3) is 2.04. The predicted octanol–water partition coefficient (Wildman–Crippen LogP) is 3.69. The van der Waals surface area contributed by atoms with Crippen LogP contribution in [0.15, 0.2) is 72.9 Å². The zero-order valence-electron chi connectivity index (χ0n) is 11.9. The summed E-state index contributed by atoms with van der Waals surface area (Å²) in [4.78, 5) is 4.42. The van der Waals surface area contributed by atoms with E-state index in [1.807, 2.05) is 54.6 Å². The van der Waals surface area contributed by atoms with Crippen LogP contribution in [0.1, 0.15) is 27.9 Å². The maximum Gasteiger partial charge on any atom is 0.157 e. The number of hydrogen-bond acceptors (Lipinski definition) is 2. The lowest BCUT2D eigenvalue weighted by Gasteiger charge is -2.36. The van der Waals surface area contributed by atoms with E-state index in [1.54, 1.807) is 6.20 Å². The Morgan fingerprint density at radius 2 is 1.32 bits per heavy atom. The summed E-state index contributed by atoms with van der Waals surface area (Å²) in [6, 6.07) is 21.8. The molecular formula is C19H16ClNO. The summed E-state index contributed by atoms with van der Waals surface area (Å²) in [5, 5.41) is 11.6. The molecule has 1 aliphatic carbocycles. The molecule has 1 N–H and O–H groups in total. The molecular weight excluding hydrogens is 294 g/mol. The van der Waals surface area contributed by atoms with E-state index in [-0.39, 0.29) is 12.4 Å². The fraction of sp³-hybridized carbons (Fsp3) is 0.105. The molecule has 1 aliphatic rings. The molecule has 1 aromatic heterocycles. The topological polar surface area (TPSA) is 33.1 Å². The SMILES string of the molecule is Cl.OC1(c2ccccn2)c2ccccc2Cc2ccccc21. The summed E-state index contributed by atoms with van der Waals surface area (Å²) in [6.07, 6.45) is 2.58. The number of hydrogen-bond donors (Lipinski definition) is 1. The molecule has 2 nitrogen and oxygen atoms in total. The minimum Gasteiger partial charge on any atom is -0.374 e. The van der Waals surface area contributed by atoms with Gasteiger partial charge in [0.2, 0.25) is 0 Å². The van der Waals surface area contributed by atoms with Gasteiger partial charge >= 0.3 is 0 Å². The van der Waals surface area contributed by atoms with E-state index >= 15 is 0 Å². The number of halogens is 1. The number of rotatable bonds is 1. The van der Waals surface area contributed by atoms with Gasteiger partial charge in [0.15, 0.2) is 5.60 Å². The second-order valence-corrected chi connectivity index (χ2v) is 5.42. The second kappa shape index (κ2) is 5.56. The molecule has 0 saturated heterocycles. The largest absolute Gasteiger partial charge is 0.374 e. The molecule has 0 saturated carbocycles. The minimum atomic E-state index is -1.17. The monoisotopic (exact) mass is 309 g/mol. The van der Waals surface area contributed by atoms with Gasteiger partial charge in [-0.15, -0.1) is 12.4 Å². The molecule has 0 spiro atoms. The molecule has 22 heavy (non-hydrogen) atoms. The van der Waals surface area contributed by atoms with E-state index < -0.39 is 5.60 Å². The molecule has 0 amide bonds. The van der Waals surface area contributed by atoms with Crippen molar-refractivity contribution in [2.75, 3.05) is 0 Å². The van der Waals surface area contributed by atoms with Crippen LogP contribution in [0, 0.1) is 0 Å². The zero-order valence-corrected chi connectivity index (χ0v) is 12.8. The van der Waals surface area contributed by atoms with Crippen molar-refractivity contribution < 1.29 is 5.11 Å². The first-order valence-electron chi connectivity index (χ1n) is 7.11. The van der Waals surface area contributed by atoms with Gasteiger partial charge in [0.1, 0.15) is 0 Å². The van der Waals surface area contributed by atoms with Gasteiger partial charge in [-0.25, -0.2) is 0 Å². The Labute approximate surface area is 135 Å². The molecule has 4 rings (SSSR count). The lowest BCUT2D eigenvalue weighted by molar-refractivity contribution is 0.116. The van der Waals surface area contributed by atoms with Gasteiger partial charge in [0.05, 0.1) is 5.69 Å². The van der Waals surface area contributed by atoms with Crippen LogP contribution in [-0.4, -0.2) is 10.1 Å². The summed E-state index contributed by atoms with van der Waals surface area (Å²) >= 11 is 0. The van der Waals surface area contributed by atoms with Crippen LogP contribution in [0.25, 0.3) is 0 Å². The van der Waals surface area contributed by atoms with Crippen molar-refractivity contribution in [3.63, 3.8) is 0 Å². The van der Waals surface area contributed by atoms with Gasteiger partial charge in [0, 0.05) is 6.20 Å². The lowest BCUT2D eigenvalue weighted by Crippen LogP contribution is -2.35. The highest BCUT2D eigenvalue weighted by molar-refractivity contribution is 5.85. The lowest BCUT2D eigenvalue weighted by atomic mass is 9.73. The highest BCUT2D eigenvalue weighted by Crippen LogP contribution is 2.43. The summed E-state index contributed by atoms with van der Waals surface area (Å²) in [7, 11) is 0. The van der Waals surface area contributed by atoms with Gasteiger partial charge in [-0.2, -0.15) is 0 Å². The number of benzene rings is 2. The Bertz CT molecular complexity index is 756. The van der Waals surface area contributed by atoms with Crippen molar-refractivity contribution in [2.24, 2.45) is 0 Å². The van der Waals surface area contributed by atoms with Crippen LogP contribution in [0.4, 0.5) is 0 Å². The van der Waals surface area contributed by atoms with Gasteiger partial charge in [-0.1, -0.05) is 54.6 Å². The Balaban J connectivity index is 0.00000144. The average molecular weight is 310 g/mol. The fourth-order valence-corrected chi connectivity index (χ4v) is 3.26. The van der Waals surface area contributed by atoms with E-state index in [4.69, 9.17) is 0 Å². The first kappa shape index (κ1) is 14.8. The zero-order chi connectivity index (χ0) is 14.3. The quantitative estimate of drug-likeness (QED) is 0.743. The van der Waals surface area contributed by atoms with Crippen molar-refractivity contribution in [3.8, 4) is 0 Å². The highest BCUT2D eigenvalue weighted by atomic mass is 35.5. The van der Waals surface area contributed by atoms with E-state index in [1.165, 1.54) is 0 Å². The Kier molecular flexibility index (Phi) is 3.73. The van der Waals surface area contributed by atoms with Crippen LogP contribution in [-0.2, 0) is 12.0 Å². The van der Waals surface area contributed by atoms with Gasteiger partial charge in [-0.05, 0) is 40.8 Å². The molecule has 0 unspecified atom stereocenters. The van der Waals surface area contributed by atoms with Crippen molar-refractivity contribution in [1.29, 1.82) is 0 Å². The summed E-state index contributed by atoms with van der Waals surface area (Å²) in [5.41, 5.74) is 3.68. The molecule has 3 heteroatoms.